The van der Waals surface area contributed by atoms with Gasteiger partial charge in [0.2, 0.25) is 5.91 Å². The molecule has 0 spiro atoms. The second-order valence-corrected chi connectivity index (χ2v) is 5.39. The van der Waals surface area contributed by atoms with Crippen molar-refractivity contribution in [2.75, 3.05) is 0 Å². The minimum absolute atomic E-state index is 0.0410. The van der Waals surface area contributed by atoms with Crippen LogP contribution in [0.1, 0.15) is 26.7 Å². The summed E-state index contributed by atoms with van der Waals surface area (Å²) in [6, 6.07) is 3.89. The molecule has 1 atom stereocenters. The molecular weight excluding hydrogens is 300 g/mol. The molecular formula is C15H18N4O4. The van der Waals surface area contributed by atoms with Crippen molar-refractivity contribution in [1.29, 1.82) is 0 Å². The lowest BCUT2D eigenvalue weighted by molar-refractivity contribution is -0.384. The van der Waals surface area contributed by atoms with Crippen molar-refractivity contribution >= 4 is 22.5 Å². The predicted octanol–water partition coefficient (Wildman–Crippen LogP) is 1.61. The van der Waals surface area contributed by atoms with Gasteiger partial charge in [-0.15, -0.1) is 0 Å². The fraction of sp³-hybridized carbons (Fsp3) is 0.400. The number of rotatable bonds is 6. The summed E-state index contributed by atoms with van der Waals surface area (Å²) in [7, 11) is 0. The highest BCUT2D eigenvalue weighted by Crippen LogP contribution is 2.16. The van der Waals surface area contributed by atoms with Gasteiger partial charge in [-0.3, -0.25) is 24.3 Å². The van der Waals surface area contributed by atoms with Gasteiger partial charge < -0.3 is 5.32 Å². The van der Waals surface area contributed by atoms with Crippen LogP contribution in [-0.2, 0) is 11.3 Å². The minimum Gasteiger partial charge on any atom is -0.352 e. The standard InChI is InChI=1S/C15H18N4O4/c1-3-4-10(2)17-14(20)8-18-9-16-13-7-11(19(22)23)5-6-12(13)15(18)21/h5-7,9-10H,3-4,8H2,1-2H3,(H,17,20). The summed E-state index contributed by atoms with van der Waals surface area (Å²) >= 11 is 0. The molecule has 0 bridgehead atoms. The van der Waals surface area contributed by atoms with E-state index < -0.39 is 10.5 Å². The molecule has 1 unspecified atom stereocenters. The number of nitro benzene ring substituents is 1. The van der Waals surface area contributed by atoms with Gasteiger partial charge in [0.05, 0.1) is 22.2 Å². The van der Waals surface area contributed by atoms with Crippen molar-refractivity contribution < 1.29 is 9.72 Å². The first-order valence-electron chi connectivity index (χ1n) is 7.35. The zero-order chi connectivity index (χ0) is 17.0. The molecule has 0 aliphatic rings. The quantitative estimate of drug-likeness (QED) is 0.643. The molecule has 23 heavy (non-hydrogen) atoms. The Morgan fingerprint density at radius 3 is 2.87 bits per heavy atom. The monoisotopic (exact) mass is 318 g/mol. The molecule has 1 heterocycles. The molecule has 0 aliphatic carbocycles. The average molecular weight is 318 g/mol. The maximum atomic E-state index is 12.3. The lowest BCUT2D eigenvalue weighted by atomic mass is 10.2. The van der Waals surface area contributed by atoms with Crippen molar-refractivity contribution in [1.82, 2.24) is 14.9 Å². The zero-order valence-electron chi connectivity index (χ0n) is 13.0. The molecule has 2 aromatic rings. The number of nitrogens with zero attached hydrogens (tertiary/aromatic N) is 3. The number of hydrogen-bond acceptors (Lipinski definition) is 5. The molecule has 0 saturated heterocycles. The number of carbonyl (C=O) groups excluding carboxylic acids is 1. The first-order valence-corrected chi connectivity index (χ1v) is 7.35. The largest absolute Gasteiger partial charge is 0.352 e. The van der Waals surface area contributed by atoms with Crippen LogP contribution in [-0.4, -0.2) is 26.4 Å². The van der Waals surface area contributed by atoms with E-state index in [2.05, 4.69) is 10.3 Å². The lowest BCUT2D eigenvalue weighted by Crippen LogP contribution is -2.37. The summed E-state index contributed by atoms with van der Waals surface area (Å²) in [5.74, 6) is -0.267. The van der Waals surface area contributed by atoms with Crippen molar-refractivity contribution in [3.63, 3.8) is 0 Å². The third-order valence-electron chi connectivity index (χ3n) is 3.46. The SMILES string of the molecule is CCCC(C)NC(=O)Cn1cnc2cc([N+](=O)[O-])ccc2c1=O. The van der Waals surface area contributed by atoms with Crippen LogP contribution in [0.2, 0.25) is 0 Å². The number of nitrogens with one attached hydrogen (secondary N) is 1. The van der Waals surface area contributed by atoms with Crippen LogP contribution < -0.4 is 10.9 Å². The van der Waals surface area contributed by atoms with E-state index in [-0.39, 0.29) is 35.1 Å². The Labute approximate surface area is 132 Å². The van der Waals surface area contributed by atoms with Crippen molar-refractivity contribution in [2.24, 2.45) is 0 Å². The summed E-state index contributed by atoms with van der Waals surface area (Å²) in [4.78, 5) is 38.5. The normalized spacial score (nSPS) is 12.1. The van der Waals surface area contributed by atoms with Gasteiger partial charge >= 0.3 is 0 Å². The second-order valence-electron chi connectivity index (χ2n) is 5.39. The van der Waals surface area contributed by atoms with Gasteiger partial charge in [-0.2, -0.15) is 0 Å². The zero-order valence-corrected chi connectivity index (χ0v) is 13.0. The highest BCUT2D eigenvalue weighted by atomic mass is 16.6. The third kappa shape index (κ3) is 3.91. The molecule has 1 amide bonds. The molecule has 2 rings (SSSR count). The number of hydrogen-bond donors (Lipinski definition) is 1. The number of carbonyl (C=O) groups is 1. The van der Waals surface area contributed by atoms with Crippen LogP contribution in [0.4, 0.5) is 5.69 Å². The summed E-state index contributed by atoms with van der Waals surface area (Å²) < 4.78 is 1.20. The summed E-state index contributed by atoms with van der Waals surface area (Å²) in [5, 5.41) is 13.8. The number of nitro groups is 1. The molecule has 8 heteroatoms. The van der Waals surface area contributed by atoms with E-state index in [1.807, 2.05) is 13.8 Å². The molecule has 122 valence electrons. The third-order valence-corrected chi connectivity index (χ3v) is 3.46. The number of amides is 1. The van der Waals surface area contributed by atoms with Crippen molar-refractivity contribution in [2.45, 2.75) is 39.3 Å². The van der Waals surface area contributed by atoms with Crippen LogP contribution in [0, 0.1) is 10.1 Å². The predicted molar refractivity (Wildman–Crippen MR) is 85.2 cm³/mol. The number of fused-ring (bicyclic) bond motifs is 1. The highest BCUT2D eigenvalue weighted by Gasteiger charge is 2.13. The van der Waals surface area contributed by atoms with Gasteiger partial charge in [0.15, 0.2) is 0 Å². The van der Waals surface area contributed by atoms with E-state index in [4.69, 9.17) is 0 Å². The molecule has 0 radical (unpaired) electrons. The molecule has 0 saturated carbocycles. The summed E-state index contributed by atoms with van der Waals surface area (Å²) in [6.07, 6.45) is 3.05. The van der Waals surface area contributed by atoms with E-state index >= 15 is 0 Å². The maximum absolute atomic E-state index is 12.3. The average Bonchev–Trinajstić information content (AvgIpc) is 2.49. The minimum atomic E-state index is -0.546. The summed E-state index contributed by atoms with van der Waals surface area (Å²) in [6.45, 7) is 3.80. The molecule has 8 nitrogen and oxygen atoms in total. The van der Waals surface area contributed by atoms with Crippen molar-refractivity contribution in [3.8, 4) is 0 Å². The first kappa shape index (κ1) is 16.6. The maximum Gasteiger partial charge on any atom is 0.271 e. The molecule has 1 aromatic heterocycles. The van der Waals surface area contributed by atoms with Crippen molar-refractivity contribution in [3.05, 3.63) is 45.0 Å². The van der Waals surface area contributed by atoms with E-state index in [1.165, 1.54) is 29.1 Å². The van der Waals surface area contributed by atoms with E-state index in [0.717, 1.165) is 12.8 Å². The Balaban J connectivity index is 2.24. The first-order chi connectivity index (χ1) is 10.9. The fourth-order valence-corrected chi connectivity index (χ4v) is 2.35. The molecule has 0 aliphatic heterocycles. The molecule has 1 aromatic carbocycles. The summed E-state index contributed by atoms with van der Waals surface area (Å²) in [5.41, 5.74) is -0.295. The van der Waals surface area contributed by atoms with E-state index in [1.54, 1.807) is 0 Å². The Morgan fingerprint density at radius 1 is 1.48 bits per heavy atom. The van der Waals surface area contributed by atoms with Crippen LogP contribution in [0.5, 0.6) is 0 Å². The topological polar surface area (TPSA) is 107 Å². The second kappa shape index (κ2) is 6.99. The lowest BCUT2D eigenvalue weighted by Gasteiger charge is -2.13. The number of aromatic nitrogens is 2. The van der Waals surface area contributed by atoms with Gasteiger partial charge in [0.25, 0.3) is 11.2 Å². The van der Waals surface area contributed by atoms with Gasteiger partial charge in [-0.1, -0.05) is 13.3 Å². The number of non-ortho nitro benzene ring substituents is 1. The van der Waals surface area contributed by atoms with Gasteiger partial charge in [-0.05, 0) is 19.4 Å². The Kier molecular flexibility index (Phi) is 5.05. The Hall–Kier alpha value is -2.77. The fourth-order valence-electron chi connectivity index (χ4n) is 2.35. The Morgan fingerprint density at radius 2 is 2.22 bits per heavy atom. The van der Waals surface area contributed by atoms with E-state index in [0.29, 0.717) is 0 Å². The van der Waals surface area contributed by atoms with Crippen LogP contribution in [0.15, 0.2) is 29.3 Å². The van der Waals surface area contributed by atoms with E-state index in [9.17, 15) is 19.7 Å². The molecule has 1 N–H and O–H groups in total. The van der Waals surface area contributed by atoms with Gasteiger partial charge in [0.1, 0.15) is 6.54 Å². The number of benzene rings is 1. The highest BCUT2D eigenvalue weighted by molar-refractivity contribution is 5.80. The van der Waals surface area contributed by atoms with Gasteiger partial charge in [-0.25, -0.2) is 4.98 Å². The van der Waals surface area contributed by atoms with Crippen LogP contribution in [0.25, 0.3) is 10.9 Å². The van der Waals surface area contributed by atoms with Crippen LogP contribution >= 0.6 is 0 Å². The Bertz CT molecular complexity index is 800. The molecule has 0 fully saturated rings. The van der Waals surface area contributed by atoms with Gasteiger partial charge in [0, 0.05) is 18.2 Å². The van der Waals surface area contributed by atoms with Crippen LogP contribution in [0.3, 0.4) is 0 Å². The smallest absolute Gasteiger partial charge is 0.271 e.